The van der Waals surface area contributed by atoms with Crippen LogP contribution in [0.1, 0.15) is 16.8 Å². The van der Waals surface area contributed by atoms with E-state index in [4.69, 9.17) is 0 Å². The molecule has 0 bridgehead atoms. The molecule has 0 aliphatic heterocycles. The van der Waals surface area contributed by atoms with Gasteiger partial charge in [0.2, 0.25) is 5.91 Å². The van der Waals surface area contributed by atoms with Gasteiger partial charge >= 0.3 is 0 Å². The van der Waals surface area contributed by atoms with Crippen molar-refractivity contribution >= 4 is 44.9 Å². The molecule has 4 nitrogen and oxygen atoms in total. The predicted octanol–water partition coefficient (Wildman–Crippen LogP) is 4.49. The molecule has 3 rings (SSSR count). The Balaban J connectivity index is 1.41. The van der Waals surface area contributed by atoms with Crippen molar-refractivity contribution < 1.29 is 4.79 Å². The van der Waals surface area contributed by atoms with Gasteiger partial charge < -0.3 is 5.32 Å². The molecule has 0 saturated heterocycles. The van der Waals surface area contributed by atoms with Gasteiger partial charge in [0.25, 0.3) is 0 Å². The summed E-state index contributed by atoms with van der Waals surface area (Å²) in [7, 11) is 0. The van der Waals surface area contributed by atoms with Gasteiger partial charge in [-0.15, -0.1) is 11.3 Å². The summed E-state index contributed by atoms with van der Waals surface area (Å²) in [4.78, 5) is 20.6. The second kappa shape index (κ2) is 9.85. The summed E-state index contributed by atoms with van der Waals surface area (Å²) >= 11 is 6.73. The maximum Gasteiger partial charge on any atom is 0.226 e. The number of carbonyl (C=O) groups excluding carboxylic acids is 1. The highest BCUT2D eigenvalue weighted by Gasteiger charge is 2.08. The summed E-state index contributed by atoms with van der Waals surface area (Å²) in [5, 5.41) is 4.91. The zero-order valence-corrected chi connectivity index (χ0v) is 17.2. The number of thioether (sulfide) groups is 1. The maximum atomic E-state index is 12.1. The van der Waals surface area contributed by atoms with Gasteiger partial charge in [0.15, 0.2) is 0 Å². The van der Waals surface area contributed by atoms with Crippen LogP contribution in [0.3, 0.4) is 0 Å². The van der Waals surface area contributed by atoms with Crippen molar-refractivity contribution in [1.82, 2.24) is 15.3 Å². The minimum atomic E-state index is 0.00816. The number of aromatic nitrogens is 2. The lowest BCUT2D eigenvalue weighted by Crippen LogP contribution is -2.27. The highest BCUT2D eigenvalue weighted by atomic mass is 79.9. The molecule has 0 aliphatic rings. The lowest BCUT2D eigenvalue weighted by molar-refractivity contribution is -0.120. The Hall–Kier alpha value is -1.70. The first-order valence-corrected chi connectivity index (χ1v) is 10.8. The van der Waals surface area contributed by atoms with E-state index in [1.807, 2.05) is 29.6 Å². The number of hydrogen-bond acceptors (Lipinski definition) is 5. The highest BCUT2D eigenvalue weighted by molar-refractivity contribution is 9.10. The molecule has 0 saturated carbocycles. The van der Waals surface area contributed by atoms with Crippen molar-refractivity contribution in [2.75, 3.05) is 6.54 Å². The molecule has 0 aliphatic carbocycles. The molecular weight excluding hydrogens is 430 g/mol. The zero-order chi connectivity index (χ0) is 18.2. The van der Waals surface area contributed by atoms with Crippen molar-refractivity contribution in [2.45, 2.75) is 22.9 Å². The van der Waals surface area contributed by atoms with Crippen LogP contribution in [0, 0.1) is 0 Å². The molecule has 0 atom stereocenters. The van der Waals surface area contributed by atoms with E-state index in [0.717, 1.165) is 26.7 Å². The number of amides is 1. The fraction of sp³-hybridized carbons (Fsp3) is 0.211. The summed E-state index contributed by atoms with van der Waals surface area (Å²) in [5.74, 6) is 0.882. The van der Waals surface area contributed by atoms with Gasteiger partial charge in [0, 0.05) is 34.5 Å². The Morgan fingerprint density at radius 2 is 1.88 bits per heavy atom. The molecule has 0 spiro atoms. The van der Waals surface area contributed by atoms with Gasteiger partial charge in [-0.05, 0) is 41.8 Å². The first-order valence-electron chi connectivity index (χ1n) is 8.16. The standard InChI is InChI=1S/C19H18BrN3OS2/c20-16-3-1-15(2-4-16)12-25-19-23-17(13-26-19)11-18(24)22-10-7-14-5-8-21-9-6-14/h1-6,8-9,13H,7,10-12H2,(H,22,24). The molecule has 134 valence electrons. The van der Waals surface area contributed by atoms with Gasteiger partial charge in [-0.1, -0.05) is 39.8 Å². The summed E-state index contributed by atoms with van der Waals surface area (Å²) in [5.41, 5.74) is 3.25. The topological polar surface area (TPSA) is 54.9 Å². The van der Waals surface area contributed by atoms with E-state index in [1.165, 1.54) is 11.1 Å². The van der Waals surface area contributed by atoms with Gasteiger partial charge in [0.05, 0.1) is 12.1 Å². The molecule has 3 aromatic rings. The third-order valence-corrected chi connectivity index (χ3v) is 6.30. The average molecular weight is 448 g/mol. The number of nitrogens with zero attached hydrogens (tertiary/aromatic N) is 2. The first-order chi connectivity index (χ1) is 12.7. The molecule has 2 aromatic heterocycles. The van der Waals surface area contributed by atoms with Crippen LogP contribution in [0.15, 0.2) is 63.0 Å². The molecule has 0 fully saturated rings. The van der Waals surface area contributed by atoms with Crippen LogP contribution in [0.5, 0.6) is 0 Å². The third kappa shape index (κ3) is 6.23. The van der Waals surface area contributed by atoms with Gasteiger partial charge in [-0.2, -0.15) is 0 Å². The second-order valence-electron chi connectivity index (χ2n) is 5.65. The van der Waals surface area contributed by atoms with Gasteiger partial charge in [-0.3, -0.25) is 9.78 Å². The Labute approximate surface area is 169 Å². The fourth-order valence-electron chi connectivity index (χ4n) is 2.28. The SMILES string of the molecule is O=C(Cc1csc(SCc2ccc(Br)cc2)n1)NCCc1ccncc1. The van der Waals surface area contributed by atoms with Crippen LogP contribution >= 0.6 is 39.0 Å². The predicted molar refractivity (Wildman–Crippen MR) is 110 cm³/mol. The van der Waals surface area contributed by atoms with Gasteiger partial charge in [0.1, 0.15) is 4.34 Å². The molecule has 0 unspecified atom stereocenters. The summed E-state index contributed by atoms with van der Waals surface area (Å²) < 4.78 is 2.07. The van der Waals surface area contributed by atoms with Crippen LogP contribution < -0.4 is 5.32 Å². The Bertz CT molecular complexity index is 838. The molecule has 26 heavy (non-hydrogen) atoms. The third-order valence-electron chi connectivity index (χ3n) is 3.63. The zero-order valence-electron chi connectivity index (χ0n) is 14.0. The Morgan fingerprint density at radius 3 is 2.65 bits per heavy atom. The van der Waals surface area contributed by atoms with E-state index in [-0.39, 0.29) is 5.91 Å². The first kappa shape index (κ1) is 19.1. The minimum Gasteiger partial charge on any atom is -0.355 e. The maximum absolute atomic E-state index is 12.1. The molecule has 2 heterocycles. The number of thiazole rings is 1. The monoisotopic (exact) mass is 447 g/mol. The highest BCUT2D eigenvalue weighted by Crippen LogP contribution is 2.26. The van der Waals surface area contributed by atoms with Crippen LogP contribution in [-0.4, -0.2) is 22.4 Å². The number of nitrogens with one attached hydrogen (secondary N) is 1. The molecular formula is C19H18BrN3OS2. The molecule has 1 aromatic carbocycles. The summed E-state index contributed by atoms with van der Waals surface area (Å²) in [6, 6.07) is 12.2. The summed E-state index contributed by atoms with van der Waals surface area (Å²) in [6.07, 6.45) is 4.66. The quantitative estimate of drug-likeness (QED) is 0.516. The van der Waals surface area contributed by atoms with Crippen LogP contribution in [0.2, 0.25) is 0 Å². The van der Waals surface area contributed by atoms with E-state index in [1.54, 1.807) is 35.5 Å². The van der Waals surface area contributed by atoms with E-state index in [9.17, 15) is 4.79 Å². The lowest BCUT2D eigenvalue weighted by atomic mass is 10.2. The summed E-state index contributed by atoms with van der Waals surface area (Å²) in [6.45, 7) is 0.623. The van der Waals surface area contributed by atoms with E-state index in [2.05, 4.69) is 43.3 Å². The number of benzene rings is 1. The number of hydrogen-bond donors (Lipinski definition) is 1. The van der Waals surface area contributed by atoms with E-state index >= 15 is 0 Å². The molecule has 1 N–H and O–H groups in total. The fourth-order valence-corrected chi connectivity index (χ4v) is 4.35. The number of carbonyl (C=O) groups is 1. The van der Waals surface area contributed by atoms with Crippen molar-refractivity contribution in [1.29, 1.82) is 0 Å². The van der Waals surface area contributed by atoms with Crippen molar-refractivity contribution in [3.05, 3.63) is 75.5 Å². The van der Waals surface area contributed by atoms with Crippen LogP contribution in [0.25, 0.3) is 0 Å². The Morgan fingerprint density at radius 1 is 1.12 bits per heavy atom. The second-order valence-corrected chi connectivity index (χ2v) is 8.65. The normalized spacial score (nSPS) is 10.7. The number of halogens is 1. The number of rotatable bonds is 8. The van der Waals surface area contributed by atoms with E-state index < -0.39 is 0 Å². The van der Waals surface area contributed by atoms with E-state index in [0.29, 0.717) is 13.0 Å². The van der Waals surface area contributed by atoms with Crippen molar-refractivity contribution in [3.8, 4) is 0 Å². The largest absolute Gasteiger partial charge is 0.355 e. The number of pyridine rings is 1. The van der Waals surface area contributed by atoms with Crippen molar-refractivity contribution in [2.24, 2.45) is 0 Å². The lowest BCUT2D eigenvalue weighted by Gasteiger charge is -2.04. The smallest absolute Gasteiger partial charge is 0.226 e. The van der Waals surface area contributed by atoms with Crippen molar-refractivity contribution in [3.63, 3.8) is 0 Å². The Kier molecular flexibility index (Phi) is 7.22. The van der Waals surface area contributed by atoms with Crippen LogP contribution in [0.4, 0.5) is 0 Å². The molecule has 0 radical (unpaired) electrons. The minimum absolute atomic E-state index is 0.00816. The van der Waals surface area contributed by atoms with Crippen LogP contribution in [-0.2, 0) is 23.4 Å². The molecule has 7 heteroatoms. The average Bonchev–Trinajstić information content (AvgIpc) is 3.09. The van der Waals surface area contributed by atoms with Gasteiger partial charge in [-0.25, -0.2) is 4.98 Å². The molecule has 1 amide bonds.